The predicted molar refractivity (Wildman–Crippen MR) is 172 cm³/mol. The number of esters is 1. The van der Waals surface area contributed by atoms with E-state index >= 15 is 0 Å². The number of alkyl halides is 1. The zero-order valence-corrected chi connectivity index (χ0v) is 28.6. The number of ether oxygens (including phenoxy) is 1. The molecule has 1 unspecified atom stereocenters. The van der Waals surface area contributed by atoms with Crippen LogP contribution in [0, 0.1) is 0 Å². The molecule has 13 heteroatoms. The molecule has 3 aliphatic heterocycles. The van der Waals surface area contributed by atoms with Crippen molar-refractivity contribution in [1.82, 2.24) is 33.1 Å². The number of amides is 2. The van der Waals surface area contributed by atoms with Gasteiger partial charge in [-0.25, -0.2) is 0 Å². The minimum absolute atomic E-state index is 0.0445. The van der Waals surface area contributed by atoms with E-state index in [2.05, 4.69) is 44.4 Å². The molecule has 0 saturated carbocycles. The van der Waals surface area contributed by atoms with E-state index in [9.17, 15) is 14.4 Å². The first-order valence-corrected chi connectivity index (χ1v) is 18.4. The number of aromatic nitrogens is 4. The Hall–Kier alpha value is -3.49. The summed E-state index contributed by atoms with van der Waals surface area (Å²) in [6, 6.07) is 10.3. The summed E-state index contributed by atoms with van der Waals surface area (Å²) in [6.07, 6.45) is 13.5. The molecule has 1 aliphatic carbocycles. The number of quaternary nitrogens is 1. The summed E-state index contributed by atoms with van der Waals surface area (Å²) in [5, 5.41) is 18.0. The number of nitrogens with zero attached hydrogens (tertiary/aromatic N) is 5. The molecule has 4 aromatic rings. The van der Waals surface area contributed by atoms with Crippen LogP contribution in [0.1, 0.15) is 50.1 Å². The summed E-state index contributed by atoms with van der Waals surface area (Å²) in [5.74, 6) is -1.16. The van der Waals surface area contributed by atoms with Gasteiger partial charge < -0.3 is 10.1 Å². The average Bonchev–Trinajstić information content (AvgIpc) is 3.54. The SMILES string of the molecule is COC(=O)CNC(=O)CNC(=O)Cn1nc2c3c(cccc31)-c1cc3c(cnn3[N+]3([I-]C4CC=CCCC4)CCC2CC3)cc1Cl. The second-order valence-corrected chi connectivity index (χ2v) is 16.7. The fourth-order valence-electron chi connectivity index (χ4n) is 6.94. The van der Waals surface area contributed by atoms with Crippen molar-refractivity contribution in [1.29, 1.82) is 0 Å². The molecule has 2 aromatic heterocycles. The zero-order valence-electron chi connectivity index (χ0n) is 25.7. The number of nitrogens with one attached hydrogen (secondary N) is 2. The molecule has 1 fully saturated rings. The van der Waals surface area contributed by atoms with E-state index in [4.69, 9.17) is 21.8 Å². The summed E-state index contributed by atoms with van der Waals surface area (Å²) >= 11 is 6.73. The Morgan fingerprint density at radius 2 is 1.87 bits per heavy atom. The van der Waals surface area contributed by atoms with Crippen LogP contribution in [0.2, 0.25) is 5.02 Å². The Labute approximate surface area is 282 Å². The van der Waals surface area contributed by atoms with Crippen molar-refractivity contribution in [3.05, 3.63) is 59.4 Å². The van der Waals surface area contributed by atoms with Crippen molar-refractivity contribution in [2.45, 2.75) is 54.9 Å². The first kappa shape index (κ1) is 31.1. The van der Waals surface area contributed by atoms with Crippen molar-refractivity contribution >= 4 is 51.2 Å². The van der Waals surface area contributed by atoms with Gasteiger partial charge in [-0.2, -0.15) is 0 Å². The summed E-state index contributed by atoms with van der Waals surface area (Å²) in [5.41, 5.74) is 4.89. The van der Waals surface area contributed by atoms with Crippen molar-refractivity contribution in [3.63, 3.8) is 0 Å². The van der Waals surface area contributed by atoms with Crippen LogP contribution < -0.4 is 34.9 Å². The van der Waals surface area contributed by atoms with E-state index < -0.39 is 11.9 Å². The second-order valence-electron chi connectivity index (χ2n) is 12.2. The Balaban J connectivity index is 1.25. The molecule has 46 heavy (non-hydrogen) atoms. The van der Waals surface area contributed by atoms with Crippen LogP contribution in [0.15, 0.2) is 48.7 Å². The van der Waals surface area contributed by atoms with Gasteiger partial charge in [-0.3, -0.25) is 9.59 Å². The molecule has 4 bridgehead atoms. The van der Waals surface area contributed by atoms with Crippen LogP contribution in [0.4, 0.5) is 0 Å². The van der Waals surface area contributed by atoms with Crippen LogP contribution in [-0.2, 0) is 25.7 Å². The zero-order chi connectivity index (χ0) is 31.8. The Bertz CT molecular complexity index is 1860. The molecule has 1 saturated heterocycles. The van der Waals surface area contributed by atoms with Crippen LogP contribution in [-0.4, -0.2) is 74.7 Å². The third kappa shape index (κ3) is 5.90. The Kier molecular flexibility index (Phi) is 8.77. The standard InChI is InChI=1S/C33H37ClIN7O4/c1-46-31(45)19-37-29(43)18-36-30(44)20-40-27-10-6-9-24-25-16-28-22(15-26(25)34)17-38-41(28)42(35-23-7-4-2-3-5-8-23)13-11-21(12-14-42)33(39-40)32(24)27/h2,4,6,9-10,15-17,21,23H,3,5,7-8,11-14,18-20H2,1H3,(H,36,44)(H,37,43). The molecule has 2 aromatic carbocycles. The van der Waals surface area contributed by atoms with E-state index in [1.165, 1.54) is 26.4 Å². The van der Waals surface area contributed by atoms with Crippen LogP contribution in [0.3, 0.4) is 0 Å². The van der Waals surface area contributed by atoms with Crippen LogP contribution >= 0.6 is 11.6 Å². The Morgan fingerprint density at radius 1 is 1.04 bits per heavy atom. The topological polar surface area (TPSA) is 120 Å². The van der Waals surface area contributed by atoms with Crippen molar-refractivity contribution < 1.29 is 40.6 Å². The van der Waals surface area contributed by atoms with E-state index in [0.29, 0.717) is 8.95 Å². The van der Waals surface area contributed by atoms with E-state index in [-0.39, 0.29) is 52.9 Å². The molecule has 2 N–H and O–H groups in total. The van der Waals surface area contributed by atoms with E-state index in [1.807, 2.05) is 24.4 Å². The fourth-order valence-corrected chi connectivity index (χ4v) is 11.6. The van der Waals surface area contributed by atoms with E-state index in [1.54, 1.807) is 4.68 Å². The van der Waals surface area contributed by atoms with Gasteiger partial charge in [0.1, 0.15) is 6.54 Å². The molecule has 8 rings (SSSR count). The molecule has 1 atom stereocenters. The summed E-state index contributed by atoms with van der Waals surface area (Å²) in [4.78, 5) is 38.8. The van der Waals surface area contributed by atoms with E-state index in [0.717, 1.165) is 73.8 Å². The predicted octanol–water partition coefficient (Wildman–Crippen LogP) is 0.945. The molecule has 11 nitrogen and oxygen atoms in total. The molecular formula is C33H37ClIN7O4. The molecular weight excluding hydrogens is 721 g/mol. The van der Waals surface area contributed by atoms with Gasteiger partial charge in [0.15, 0.2) is 0 Å². The van der Waals surface area contributed by atoms with Crippen molar-refractivity contribution in [2.24, 2.45) is 0 Å². The number of rotatable bonds is 8. The number of carbonyl (C=O) groups excluding carboxylic acids is 3. The van der Waals surface area contributed by atoms with Crippen molar-refractivity contribution in [2.75, 3.05) is 33.3 Å². The number of allylic oxidation sites excluding steroid dienone is 2. The van der Waals surface area contributed by atoms with Gasteiger partial charge in [-0.15, -0.1) is 0 Å². The fraction of sp³-hybridized carbons (Fsp3) is 0.424. The molecule has 242 valence electrons. The number of benzene rings is 2. The van der Waals surface area contributed by atoms with Crippen LogP contribution in [0.25, 0.3) is 32.9 Å². The number of piperidine rings is 1. The first-order valence-electron chi connectivity index (χ1n) is 15.8. The third-order valence-corrected chi connectivity index (χ3v) is 13.9. The summed E-state index contributed by atoms with van der Waals surface area (Å²) in [7, 11) is 1.25. The number of fused-ring (bicyclic) bond motifs is 2. The summed E-state index contributed by atoms with van der Waals surface area (Å²) in [6.45, 7) is 1.43. The van der Waals surface area contributed by atoms with Crippen molar-refractivity contribution in [3.8, 4) is 11.1 Å². The molecule has 5 heterocycles. The van der Waals surface area contributed by atoms with Gasteiger partial charge in [0.25, 0.3) is 0 Å². The maximum absolute atomic E-state index is 13.0. The van der Waals surface area contributed by atoms with Gasteiger partial charge in [0.05, 0.1) is 7.11 Å². The number of carbonyl (C=O) groups is 3. The first-order chi connectivity index (χ1) is 22.3. The number of methoxy groups -OCH3 is 1. The van der Waals surface area contributed by atoms with Gasteiger partial charge in [-0.1, -0.05) is 0 Å². The monoisotopic (exact) mass is 757 g/mol. The van der Waals surface area contributed by atoms with Gasteiger partial charge in [0, 0.05) is 0 Å². The van der Waals surface area contributed by atoms with Gasteiger partial charge >= 0.3 is 250 Å². The number of halogens is 2. The third-order valence-electron chi connectivity index (χ3n) is 9.26. The second kappa shape index (κ2) is 13.0. The Morgan fingerprint density at radius 3 is 2.70 bits per heavy atom. The normalized spacial score (nSPS) is 22.1. The molecule has 4 aliphatic rings. The van der Waals surface area contributed by atoms with Crippen LogP contribution in [0.5, 0.6) is 0 Å². The van der Waals surface area contributed by atoms with Gasteiger partial charge in [-0.05, 0) is 0 Å². The minimum atomic E-state index is -0.559. The number of hydrogen-bond donors (Lipinski definition) is 2. The number of hydrogen-bond acceptors (Lipinski definition) is 6. The quantitative estimate of drug-likeness (QED) is 0.0909. The maximum atomic E-state index is 13.0. The molecule has 0 radical (unpaired) electrons. The van der Waals surface area contributed by atoms with Gasteiger partial charge in [0.2, 0.25) is 0 Å². The molecule has 0 spiro atoms. The average molecular weight is 758 g/mol. The summed E-state index contributed by atoms with van der Waals surface area (Å²) < 4.78 is 7.90. The molecule has 2 amide bonds.